The van der Waals surface area contributed by atoms with E-state index in [2.05, 4.69) is 29.8 Å². The molecule has 0 radical (unpaired) electrons. The van der Waals surface area contributed by atoms with Gasteiger partial charge in [0.05, 0.1) is 5.54 Å². The molecule has 0 spiro atoms. The van der Waals surface area contributed by atoms with Crippen LogP contribution in [0.2, 0.25) is 0 Å². The Morgan fingerprint density at radius 3 is 3.00 bits per heavy atom. The van der Waals surface area contributed by atoms with Crippen LogP contribution in [0, 0.1) is 5.92 Å². The molecule has 0 bridgehead atoms. The molecule has 1 aromatic rings. The fourth-order valence-corrected chi connectivity index (χ4v) is 3.51. The van der Waals surface area contributed by atoms with Crippen molar-refractivity contribution in [3.05, 3.63) is 23.5 Å². The molecule has 3 rings (SSSR count). The second-order valence-electron chi connectivity index (χ2n) is 5.25. The van der Waals surface area contributed by atoms with Gasteiger partial charge in [-0.15, -0.1) is 0 Å². The molecule has 1 saturated heterocycles. The average Bonchev–Trinajstić information content (AvgIpc) is 2.82. The van der Waals surface area contributed by atoms with E-state index in [9.17, 15) is 4.79 Å². The molecule has 1 amide bonds. The van der Waals surface area contributed by atoms with Gasteiger partial charge in [-0.3, -0.25) is 4.79 Å². The lowest BCUT2D eigenvalue weighted by atomic mass is 9.77. The summed E-state index contributed by atoms with van der Waals surface area (Å²) in [6, 6.07) is 2.17. The van der Waals surface area contributed by atoms with Crippen LogP contribution in [0.5, 0.6) is 0 Å². The smallest absolute Gasteiger partial charge is 0.223 e. The van der Waals surface area contributed by atoms with Crippen LogP contribution in [0.15, 0.2) is 12.3 Å². The highest BCUT2D eigenvalue weighted by Gasteiger charge is 2.51. The third-order valence-corrected chi connectivity index (χ3v) is 4.33. The number of carbonyl (C=O) groups is 1. The summed E-state index contributed by atoms with van der Waals surface area (Å²) in [6.45, 7) is 5.34. The van der Waals surface area contributed by atoms with Gasteiger partial charge in [0.1, 0.15) is 0 Å². The summed E-state index contributed by atoms with van der Waals surface area (Å²) in [5, 5.41) is 0. The fourth-order valence-electron chi connectivity index (χ4n) is 3.51. The molecule has 16 heavy (non-hydrogen) atoms. The van der Waals surface area contributed by atoms with E-state index in [1.54, 1.807) is 0 Å². The van der Waals surface area contributed by atoms with Gasteiger partial charge in [0.25, 0.3) is 0 Å². The Bertz CT molecular complexity index is 435. The van der Waals surface area contributed by atoms with Crippen LogP contribution >= 0.6 is 0 Å². The van der Waals surface area contributed by atoms with Crippen molar-refractivity contribution >= 4 is 5.91 Å². The van der Waals surface area contributed by atoms with Crippen molar-refractivity contribution in [3.63, 3.8) is 0 Å². The number of nitrogens with zero attached hydrogens (tertiary/aromatic N) is 1. The zero-order chi connectivity index (χ0) is 11.3. The van der Waals surface area contributed by atoms with Crippen LogP contribution in [0.1, 0.15) is 37.9 Å². The molecule has 2 aliphatic heterocycles. The highest BCUT2D eigenvalue weighted by Crippen LogP contribution is 2.48. The molecular formula is C13H18N2O. The number of H-pyrrole nitrogens is 1. The van der Waals surface area contributed by atoms with E-state index in [4.69, 9.17) is 0 Å². The molecule has 3 heterocycles. The van der Waals surface area contributed by atoms with Gasteiger partial charge in [0, 0.05) is 24.9 Å². The van der Waals surface area contributed by atoms with Crippen molar-refractivity contribution in [3.8, 4) is 0 Å². The molecule has 1 aromatic heterocycles. The van der Waals surface area contributed by atoms with E-state index in [0.29, 0.717) is 18.2 Å². The number of nitrogens with one attached hydrogen (secondary N) is 1. The van der Waals surface area contributed by atoms with Gasteiger partial charge in [-0.2, -0.15) is 0 Å². The van der Waals surface area contributed by atoms with E-state index in [-0.39, 0.29) is 5.54 Å². The molecular weight excluding hydrogens is 200 g/mol. The monoisotopic (exact) mass is 218 g/mol. The molecule has 3 heteroatoms. The zero-order valence-electron chi connectivity index (χ0n) is 9.92. The number of aromatic amines is 1. The van der Waals surface area contributed by atoms with Gasteiger partial charge in [0.15, 0.2) is 0 Å². The predicted octanol–water partition coefficient (Wildman–Crippen LogP) is 2.04. The SMILES string of the molecule is CC(C)[C@]12CCC(=O)N1CCc1cc[nH]c12. The first-order valence-electron chi connectivity index (χ1n) is 6.13. The standard InChI is InChI=1S/C13H18N2O/c1-9(2)13-6-3-11(16)15(13)8-5-10-4-7-14-12(10)13/h4,7,9,14H,3,5-6,8H2,1-2H3/t13-/m0/s1. The van der Waals surface area contributed by atoms with E-state index >= 15 is 0 Å². The summed E-state index contributed by atoms with van der Waals surface area (Å²) in [5.74, 6) is 0.797. The predicted molar refractivity (Wildman–Crippen MR) is 62.0 cm³/mol. The van der Waals surface area contributed by atoms with Gasteiger partial charge in [-0.05, 0) is 30.4 Å². The average molecular weight is 218 g/mol. The number of rotatable bonds is 1. The summed E-state index contributed by atoms with van der Waals surface area (Å²) >= 11 is 0. The topological polar surface area (TPSA) is 36.1 Å². The zero-order valence-corrected chi connectivity index (χ0v) is 9.92. The third-order valence-electron chi connectivity index (χ3n) is 4.33. The van der Waals surface area contributed by atoms with Crippen molar-refractivity contribution in [2.75, 3.05) is 6.54 Å². The highest BCUT2D eigenvalue weighted by atomic mass is 16.2. The number of hydrogen-bond acceptors (Lipinski definition) is 1. The minimum Gasteiger partial charge on any atom is -0.363 e. The van der Waals surface area contributed by atoms with Crippen molar-refractivity contribution in [2.45, 2.75) is 38.6 Å². The number of hydrogen-bond donors (Lipinski definition) is 1. The second-order valence-corrected chi connectivity index (χ2v) is 5.25. The van der Waals surface area contributed by atoms with Gasteiger partial charge >= 0.3 is 0 Å². The van der Waals surface area contributed by atoms with Crippen LogP contribution in [0.25, 0.3) is 0 Å². The van der Waals surface area contributed by atoms with E-state index in [1.165, 1.54) is 11.3 Å². The van der Waals surface area contributed by atoms with Crippen molar-refractivity contribution in [1.29, 1.82) is 0 Å². The number of aromatic nitrogens is 1. The Balaban J connectivity index is 2.18. The molecule has 0 aliphatic carbocycles. The molecule has 1 atom stereocenters. The van der Waals surface area contributed by atoms with E-state index in [1.807, 2.05) is 6.20 Å². The van der Waals surface area contributed by atoms with E-state index < -0.39 is 0 Å². The lowest BCUT2D eigenvalue weighted by Gasteiger charge is -2.45. The maximum atomic E-state index is 12.0. The number of fused-ring (bicyclic) bond motifs is 3. The summed E-state index contributed by atoms with van der Waals surface area (Å²) in [7, 11) is 0. The third kappa shape index (κ3) is 1.01. The Hall–Kier alpha value is -1.25. The normalized spacial score (nSPS) is 28.4. The first-order valence-corrected chi connectivity index (χ1v) is 6.13. The molecule has 1 N–H and O–H groups in total. The molecule has 3 nitrogen and oxygen atoms in total. The second kappa shape index (κ2) is 3.12. The summed E-state index contributed by atoms with van der Waals surface area (Å²) in [5.41, 5.74) is 2.65. The van der Waals surface area contributed by atoms with Crippen LogP contribution in [0.4, 0.5) is 0 Å². The van der Waals surface area contributed by atoms with Crippen LogP contribution in [-0.2, 0) is 16.8 Å². The highest BCUT2D eigenvalue weighted by molar-refractivity contribution is 5.80. The van der Waals surface area contributed by atoms with E-state index in [0.717, 1.165) is 19.4 Å². The molecule has 1 fully saturated rings. The Labute approximate surface area is 95.8 Å². The van der Waals surface area contributed by atoms with Crippen molar-refractivity contribution < 1.29 is 4.79 Å². The summed E-state index contributed by atoms with van der Waals surface area (Å²) < 4.78 is 0. The summed E-state index contributed by atoms with van der Waals surface area (Å²) in [4.78, 5) is 17.4. The minimum atomic E-state index is -0.0475. The maximum Gasteiger partial charge on any atom is 0.223 e. The van der Waals surface area contributed by atoms with Gasteiger partial charge < -0.3 is 9.88 Å². The van der Waals surface area contributed by atoms with Crippen molar-refractivity contribution in [2.24, 2.45) is 5.92 Å². The molecule has 86 valence electrons. The van der Waals surface area contributed by atoms with Gasteiger partial charge in [-0.1, -0.05) is 13.8 Å². The first-order chi connectivity index (χ1) is 7.66. The summed E-state index contributed by atoms with van der Waals surface area (Å²) in [6.07, 6.45) is 4.69. The molecule has 0 saturated carbocycles. The van der Waals surface area contributed by atoms with Crippen LogP contribution < -0.4 is 0 Å². The molecule has 0 aromatic carbocycles. The minimum absolute atomic E-state index is 0.0475. The van der Waals surface area contributed by atoms with Crippen molar-refractivity contribution in [1.82, 2.24) is 9.88 Å². The van der Waals surface area contributed by atoms with Gasteiger partial charge in [-0.25, -0.2) is 0 Å². The maximum absolute atomic E-state index is 12.0. The molecule has 2 aliphatic rings. The fraction of sp³-hybridized carbons (Fsp3) is 0.615. The molecule has 0 unspecified atom stereocenters. The lowest BCUT2D eigenvalue weighted by Crippen LogP contribution is -2.51. The number of amides is 1. The quantitative estimate of drug-likeness (QED) is 0.769. The lowest BCUT2D eigenvalue weighted by molar-refractivity contribution is -0.133. The van der Waals surface area contributed by atoms with Crippen LogP contribution in [0.3, 0.4) is 0 Å². The van der Waals surface area contributed by atoms with Crippen LogP contribution in [-0.4, -0.2) is 22.3 Å². The van der Waals surface area contributed by atoms with Gasteiger partial charge in [0.2, 0.25) is 5.91 Å². The first kappa shape index (κ1) is 9.94. The Morgan fingerprint density at radius 2 is 2.25 bits per heavy atom. The Morgan fingerprint density at radius 1 is 1.44 bits per heavy atom. The number of carbonyl (C=O) groups excluding carboxylic acids is 1. The Kier molecular flexibility index (Phi) is 1.94. The largest absolute Gasteiger partial charge is 0.363 e.